The lowest BCUT2D eigenvalue weighted by Crippen LogP contribution is -2.33. The molecule has 0 saturated carbocycles. The van der Waals surface area contributed by atoms with Crippen LogP contribution in [0.25, 0.3) is 21.8 Å². The first kappa shape index (κ1) is 51.6. The standard InChI is InChI=1S/C32H23ClN2O3.C31H25ClN2O4/c33-28-20-27(32(37)31-26(28)12-7-19-34-31)30(35-29(36)21-38-25-10-5-2-6-11-25)24-17-15-23(16-18-24)14-13-22-8-3-1-4-9-22;32-27-18-26(31(36)30-25(27)12-7-17-33-30)29(34-28(35)20-38-23-10-5-2-6-11-23)22-13-15-24(16-14-22)37-19-21-8-3-1-4-9-21/h1-12,15-20,30,37H,21H2,(H,35,36);1-18,29,36H,19-20H2,(H,34,35). The minimum Gasteiger partial charge on any atom is -0.505 e. The topological polar surface area (TPSA) is 152 Å². The Morgan fingerprint density at radius 3 is 1.33 bits per heavy atom. The van der Waals surface area contributed by atoms with E-state index < -0.39 is 12.1 Å². The molecule has 8 aromatic carbocycles. The molecule has 10 aromatic rings. The molecular weight excluding hydrogens is 996 g/mol. The molecule has 0 aliphatic rings. The smallest absolute Gasteiger partial charge is 0.258 e. The van der Waals surface area contributed by atoms with Crippen molar-refractivity contribution in [2.45, 2.75) is 18.7 Å². The molecule has 11 nitrogen and oxygen atoms in total. The Balaban J connectivity index is 0.000000186. The fourth-order valence-electron chi connectivity index (χ4n) is 8.19. The molecule has 2 atom stereocenters. The van der Waals surface area contributed by atoms with Crippen LogP contribution in [0.3, 0.4) is 0 Å². The third-order valence-corrected chi connectivity index (χ3v) is 12.6. The van der Waals surface area contributed by atoms with Crippen molar-refractivity contribution in [1.29, 1.82) is 0 Å². The summed E-state index contributed by atoms with van der Waals surface area (Å²) in [7, 11) is 0. The monoisotopic (exact) mass is 1040 g/mol. The summed E-state index contributed by atoms with van der Waals surface area (Å²) in [5.74, 6) is 7.32. The van der Waals surface area contributed by atoms with Gasteiger partial charge in [-0.05, 0) is 114 Å². The first-order valence-corrected chi connectivity index (χ1v) is 24.8. The Labute approximate surface area is 449 Å². The van der Waals surface area contributed by atoms with Crippen LogP contribution in [0.2, 0.25) is 10.0 Å². The zero-order valence-electron chi connectivity index (χ0n) is 40.6. The summed E-state index contributed by atoms with van der Waals surface area (Å²) in [6, 6.07) is 61.6. The zero-order valence-corrected chi connectivity index (χ0v) is 42.2. The van der Waals surface area contributed by atoms with Crippen molar-refractivity contribution in [3.05, 3.63) is 268 Å². The van der Waals surface area contributed by atoms with Crippen molar-refractivity contribution in [2.24, 2.45) is 0 Å². The average molecular weight is 1040 g/mol. The predicted octanol–water partition coefficient (Wildman–Crippen LogP) is 12.7. The summed E-state index contributed by atoms with van der Waals surface area (Å²) in [6.45, 7) is 0.0461. The van der Waals surface area contributed by atoms with Crippen molar-refractivity contribution < 1.29 is 34.0 Å². The molecule has 0 aliphatic heterocycles. The van der Waals surface area contributed by atoms with E-state index in [1.165, 1.54) is 0 Å². The molecular formula is C63H48Cl2N4O7. The summed E-state index contributed by atoms with van der Waals surface area (Å²) in [4.78, 5) is 34.6. The highest BCUT2D eigenvalue weighted by Crippen LogP contribution is 2.40. The number of nitrogens with zero attached hydrogens (tertiary/aromatic N) is 2. The molecule has 0 radical (unpaired) electrons. The minimum absolute atomic E-state index is 0.0489. The number of phenols is 2. The molecule has 0 fully saturated rings. The van der Waals surface area contributed by atoms with Gasteiger partial charge in [-0.25, -0.2) is 0 Å². The second kappa shape index (κ2) is 25.1. The minimum atomic E-state index is -0.714. The van der Waals surface area contributed by atoms with Gasteiger partial charge in [0, 0.05) is 45.4 Å². The fourth-order valence-corrected chi connectivity index (χ4v) is 8.73. The molecule has 2 heterocycles. The van der Waals surface area contributed by atoms with E-state index in [-0.39, 0.29) is 36.5 Å². The lowest BCUT2D eigenvalue weighted by Gasteiger charge is -2.22. The van der Waals surface area contributed by atoms with Crippen LogP contribution in [0.15, 0.2) is 219 Å². The summed E-state index contributed by atoms with van der Waals surface area (Å²) < 4.78 is 17.2. The number of fused-ring (bicyclic) bond motifs is 2. The van der Waals surface area contributed by atoms with Gasteiger partial charge in [-0.2, -0.15) is 0 Å². The Bertz CT molecular complexity index is 3640. The highest BCUT2D eigenvalue weighted by atomic mass is 35.5. The number of para-hydroxylation sites is 2. The van der Waals surface area contributed by atoms with Gasteiger partial charge in [0.15, 0.2) is 13.2 Å². The Kier molecular flexibility index (Phi) is 17.0. The van der Waals surface area contributed by atoms with E-state index in [9.17, 15) is 19.8 Å². The SMILES string of the molecule is O=C(COc1ccccc1)NC(c1ccc(C#Cc2ccccc2)cc1)c1cc(Cl)c2cccnc2c1O.O=C(COc1ccccc1)NC(c1ccc(OCc2ccccc2)cc1)c1cc(Cl)c2cccnc2c1O. The predicted molar refractivity (Wildman–Crippen MR) is 297 cm³/mol. The van der Waals surface area contributed by atoms with Crippen LogP contribution in [-0.4, -0.2) is 45.2 Å². The van der Waals surface area contributed by atoms with E-state index in [0.29, 0.717) is 66.8 Å². The van der Waals surface area contributed by atoms with Crippen molar-refractivity contribution in [1.82, 2.24) is 20.6 Å². The zero-order chi connectivity index (χ0) is 52.6. The first-order chi connectivity index (χ1) is 37.2. The van der Waals surface area contributed by atoms with E-state index in [1.54, 1.807) is 73.1 Å². The number of aromatic nitrogens is 2. The van der Waals surface area contributed by atoms with Gasteiger partial charge >= 0.3 is 0 Å². The van der Waals surface area contributed by atoms with E-state index in [1.807, 2.05) is 146 Å². The molecule has 13 heteroatoms. The number of amides is 2. The molecule has 0 spiro atoms. The number of carbonyl (C=O) groups excluding carboxylic acids is 2. The van der Waals surface area contributed by atoms with Crippen LogP contribution in [0.5, 0.6) is 28.7 Å². The largest absolute Gasteiger partial charge is 0.505 e. The van der Waals surface area contributed by atoms with E-state index in [4.69, 9.17) is 37.4 Å². The summed E-state index contributed by atoms with van der Waals surface area (Å²) in [5.41, 5.74) is 5.84. The number of pyridine rings is 2. The second-order valence-electron chi connectivity index (χ2n) is 17.2. The van der Waals surface area contributed by atoms with Gasteiger partial charge in [0.1, 0.15) is 46.4 Å². The number of benzene rings is 8. The quantitative estimate of drug-likeness (QED) is 0.0735. The van der Waals surface area contributed by atoms with Crippen LogP contribution in [0.1, 0.15) is 51.0 Å². The maximum Gasteiger partial charge on any atom is 0.258 e. The number of hydrogen-bond donors (Lipinski definition) is 4. The van der Waals surface area contributed by atoms with Gasteiger partial charge < -0.3 is 35.1 Å². The highest BCUT2D eigenvalue weighted by molar-refractivity contribution is 6.36. The number of ether oxygens (including phenoxy) is 3. The van der Waals surface area contributed by atoms with Gasteiger partial charge in [-0.15, -0.1) is 0 Å². The number of rotatable bonds is 15. The third kappa shape index (κ3) is 13.2. The van der Waals surface area contributed by atoms with Crippen molar-refractivity contribution >= 4 is 56.8 Å². The van der Waals surface area contributed by atoms with Gasteiger partial charge in [0.25, 0.3) is 11.8 Å². The normalized spacial score (nSPS) is 11.4. The van der Waals surface area contributed by atoms with Gasteiger partial charge in [-0.3, -0.25) is 19.6 Å². The van der Waals surface area contributed by atoms with Crippen LogP contribution in [-0.2, 0) is 16.2 Å². The number of nitrogens with one attached hydrogen (secondary N) is 2. The summed E-state index contributed by atoms with van der Waals surface area (Å²) in [6.07, 6.45) is 3.17. The number of hydrogen-bond acceptors (Lipinski definition) is 9. The number of aromatic hydroxyl groups is 2. The van der Waals surface area contributed by atoms with Crippen LogP contribution >= 0.6 is 23.2 Å². The molecule has 376 valence electrons. The molecule has 76 heavy (non-hydrogen) atoms. The number of halogens is 2. The van der Waals surface area contributed by atoms with Crippen molar-refractivity contribution in [2.75, 3.05) is 13.2 Å². The van der Waals surface area contributed by atoms with Gasteiger partial charge in [0.2, 0.25) is 0 Å². The van der Waals surface area contributed by atoms with Crippen molar-refractivity contribution in [3.63, 3.8) is 0 Å². The third-order valence-electron chi connectivity index (χ3n) is 12.0. The van der Waals surface area contributed by atoms with Crippen LogP contribution in [0.4, 0.5) is 0 Å². The van der Waals surface area contributed by atoms with Crippen LogP contribution in [0, 0.1) is 11.8 Å². The average Bonchev–Trinajstić information content (AvgIpc) is 3.47. The summed E-state index contributed by atoms with van der Waals surface area (Å²) >= 11 is 13.1. The molecule has 2 unspecified atom stereocenters. The molecule has 2 amide bonds. The Morgan fingerprint density at radius 2 is 0.868 bits per heavy atom. The highest BCUT2D eigenvalue weighted by Gasteiger charge is 2.26. The maximum absolute atomic E-state index is 13.0. The molecule has 4 N–H and O–H groups in total. The summed E-state index contributed by atoms with van der Waals surface area (Å²) in [5, 5.41) is 30.4. The molecule has 0 aliphatic carbocycles. The van der Waals surface area contributed by atoms with Gasteiger partial charge in [0.05, 0.1) is 22.1 Å². The van der Waals surface area contributed by atoms with Crippen molar-refractivity contribution in [3.8, 4) is 40.6 Å². The Hall–Kier alpha value is -9.34. The number of carbonyl (C=O) groups is 2. The second-order valence-corrected chi connectivity index (χ2v) is 18.0. The maximum atomic E-state index is 13.0. The lowest BCUT2D eigenvalue weighted by atomic mass is 9.95. The molecule has 2 aromatic heterocycles. The Morgan fingerprint density at radius 1 is 0.474 bits per heavy atom. The first-order valence-electron chi connectivity index (χ1n) is 24.1. The lowest BCUT2D eigenvalue weighted by molar-refractivity contribution is -0.124. The fraction of sp³-hybridized carbons (Fsp3) is 0.0794. The van der Waals surface area contributed by atoms with E-state index in [0.717, 1.165) is 27.8 Å². The van der Waals surface area contributed by atoms with Gasteiger partial charge in [-0.1, -0.05) is 144 Å². The van der Waals surface area contributed by atoms with E-state index >= 15 is 0 Å². The molecule has 0 bridgehead atoms. The number of phenolic OH excluding ortho intramolecular Hbond substituents is 2. The van der Waals surface area contributed by atoms with Crippen LogP contribution < -0.4 is 24.8 Å². The molecule has 0 saturated heterocycles. The molecule has 10 rings (SSSR count). The van der Waals surface area contributed by atoms with E-state index in [2.05, 4.69) is 32.4 Å².